The Labute approximate surface area is 165 Å². The van der Waals surface area contributed by atoms with Crippen molar-refractivity contribution in [1.82, 2.24) is 4.98 Å². The number of aromatic nitrogens is 1. The second kappa shape index (κ2) is 8.32. The van der Waals surface area contributed by atoms with Crippen LogP contribution in [-0.4, -0.2) is 17.2 Å². The molecule has 28 heavy (non-hydrogen) atoms. The third-order valence-corrected chi connectivity index (χ3v) is 4.51. The molecule has 0 fully saturated rings. The molecule has 0 unspecified atom stereocenters. The summed E-state index contributed by atoms with van der Waals surface area (Å²) in [6.45, 7) is 0. The summed E-state index contributed by atoms with van der Waals surface area (Å²) in [5, 5.41) is 6.89. The predicted molar refractivity (Wildman–Crippen MR) is 109 cm³/mol. The van der Waals surface area contributed by atoms with Crippen molar-refractivity contribution in [2.45, 2.75) is 0 Å². The van der Waals surface area contributed by atoms with Crippen molar-refractivity contribution in [3.05, 3.63) is 89.7 Å². The fourth-order valence-electron chi connectivity index (χ4n) is 2.40. The van der Waals surface area contributed by atoms with E-state index in [0.717, 1.165) is 16.8 Å². The van der Waals surface area contributed by atoms with Crippen LogP contribution in [0.1, 0.15) is 16.1 Å². The Morgan fingerprint density at radius 2 is 1.89 bits per heavy atom. The summed E-state index contributed by atoms with van der Waals surface area (Å²) in [5.41, 5.74) is 5.75. The van der Waals surface area contributed by atoms with Gasteiger partial charge < -0.3 is 9.15 Å². The van der Waals surface area contributed by atoms with Crippen LogP contribution in [0.2, 0.25) is 0 Å². The Balaban J connectivity index is 1.34. The number of furan rings is 1. The van der Waals surface area contributed by atoms with E-state index in [1.165, 1.54) is 17.6 Å². The summed E-state index contributed by atoms with van der Waals surface area (Å²) >= 11 is 1.49. The standard InChI is InChI=1S/C21H15N3O3S/c25-20(19-7-4-12-26-19)27-17-10-8-15(9-11-17)13-22-24-21-23-18(14-28-21)16-5-2-1-3-6-16/h1-14H,(H,23,24). The summed E-state index contributed by atoms with van der Waals surface area (Å²) in [7, 11) is 0. The molecule has 0 aliphatic carbocycles. The highest BCUT2D eigenvalue weighted by atomic mass is 32.1. The predicted octanol–water partition coefficient (Wildman–Crippen LogP) is 5.07. The molecule has 1 N–H and O–H groups in total. The van der Waals surface area contributed by atoms with Gasteiger partial charge in [-0.15, -0.1) is 11.3 Å². The minimum atomic E-state index is -0.536. The lowest BCUT2D eigenvalue weighted by molar-refractivity contribution is 0.0701. The molecule has 2 aromatic heterocycles. The van der Waals surface area contributed by atoms with Crippen LogP contribution in [-0.2, 0) is 0 Å². The smallest absolute Gasteiger partial charge is 0.379 e. The van der Waals surface area contributed by atoms with Gasteiger partial charge >= 0.3 is 5.97 Å². The third-order valence-electron chi connectivity index (χ3n) is 3.76. The number of esters is 1. The molecule has 2 aromatic carbocycles. The quantitative estimate of drug-likeness (QED) is 0.216. The first-order valence-electron chi connectivity index (χ1n) is 8.44. The third kappa shape index (κ3) is 4.33. The van der Waals surface area contributed by atoms with E-state index in [9.17, 15) is 4.79 Å². The molecule has 2 heterocycles. The number of hydrazone groups is 1. The number of ether oxygens (including phenoxy) is 1. The Kier molecular flexibility index (Phi) is 5.26. The number of nitrogens with zero attached hydrogens (tertiary/aromatic N) is 2. The van der Waals surface area contributed by atoms with Crippen LogP contribution in [0.3, 0.4) is 0 Å². The molecule has 0 aliphatic rings. The lowest BCUT2D eigenvalue weighted by atomic mass is 10.2. The van der Waals surface area contributed by atoms with Gasteiger partial charge in [0, 0.05) is 10.9 Å². The van der Waals surface area contributed by atoms with E-state index in [2.05, 4.69) is 15.5 Å². The van der Waals surface area contributed by atoms with Crippen LogP contribution in [0.5, 0.6) is 5.75 Å². The van der Waals surface area contributed by atoms with E-state index in [1.54, 1.807) is 42.6 Å². The Morgan fingerprint density at radius 3 is 2.64 bits per heavy atom. The molecular formula is C21H15N3O3S. The van der Waals surface area contributed by atoms with Crippen LogP contribution in [0.25, 0.3) is 11.3 Å². The van der Waals surface area contributed by atoms with Crippen molar-refractivity contribution in [1.29, 1.82) is 0 Å². The van der Waals surface area contributed by atoms with Crippen LogP contribution in [0.4, 0.5) is 5.13 Å². The van der Waals surface area contributed by atoms with Crippen LogP contribution in [0.15, 0.2) is 87.9 Å². The van der Waals surface area contributed by atoms with E-state index in [1.807, 2.05) is 35.7 Å². The fraction of sp³-hybridized carbons (Fsp3) is 0. The SMILES string of the molecule is O=C(Oc1ccc(C=NNc2nc(-c3ccccc3)cs2)cc1)c1ccco1. The summed E-state index contributed by atoms with van der Waals surface area (Å²) in [6, 6.07) is 20.1. The van der Waals surface area contributed by atoms with Gasteiger partial charge in [0.1, 0.15) is 5.75 Å². The van der Waals surface area contributed by atoms with Crippen molar-refractivity contribution in [3.8, 4) is 17.0 Å². The number of rotatable bonds is 6. The number of carbonyl (C=O) groups is 1. The maximum absolute atomic E-state index is 11.8. The molecule has 0 spiro atoms. The molecule has 0 atom stereocenters. The number of hydrogen-bond acceptors (Lipinski definition) is 7. The maximum atomic E-state index is 11.8. The Bertz CT molecular complexity index is 1070. The molecule has 0 saturated heterocycles. The van der Waals surface area contributed by atoms with Crippen LogP contribution < -0.4 is 10.2 Å². The minimum Gasteiger partial charge on any atom is -0.457 e. The summed E-state index contributed by atoms with van der Waals surface area (Å²) in [4.78, 5) is 16.3. The number of benzene rings is 2. The number of hydrogen-bond donors (Lipinski definition) is 1. The summed E-state index contributed by atoms with van der Waals surface area (Å²) in [5.74, 6) is 0.0539. The second-order valence-corrected chi connectivity index (χ2v) is 6.57. The first-order chi connectivity index (χ1) is 13.8. The first-order valence-corrected chi connectivity index (χ1v) is 9.32. The van der Waals surface area contributed by atoms with Gasteiger partial charge in [-0.1, -0.05) is 30.3 Å². The highest BCUT2D eigenvalue weighted by Crippen LogP contribution is 2.24. The highest BCUT2D eigenvalue weighted by Gasteiger charge is 2.10. The van der Waals surface area contributed by atoms with Gasteiger partial charge in [-0.05, 0) is 42.0 Å². The topological polar surface area (TPSA) is 76.7 Å². The monoisotopic (exact) mass is 389 g/mol. The van der Waals surface area contributed by atoms with Gasteiger partial charge in [0.15, 0.2) is 0 Å². The van der Waals surface area contributed by atoms with Gasteiger partial charge in [-0.3, -0.25) is 5.43 Å². The van der Waals surface area contributed by atoms with Gasteiger partial charge in [0.2, 0.25) is 10.9 Å². The van der Waals surface area contributed by atoms with Crippen molar-refractivity contribution in [2.24, 2.45) is 5.10 Å². The van der Waals surface area contributed by atoms with E-state index >= 15 is 0 Å². The number of thiazole rings is 1. The van der Waals surface area contributed by atoms with Crippen molar-refractivity contribution in [3.63, 3.8) is 0 Å². The molecule has 0 saturated carbocycles. The van der Waals surface area contributed by atoms with Crippen molar-refractivity contribution >= 4 is 28.7 Å². The molecule has 0 bridgehead atoms. The number of anilines is 1. The molecule has 4 aromatic rings. The van der Waals surface area contributed by atoms with E-state index in [0.29, 0.717) is 10.9 Å². The van der Waals surface area contributed by atoms with Gasteiger partial charge in [0.05, 0.1) is 18.2 Å². The highest BCUT2D eigenvalue weighted by molar-refractivity contribution is 7.14. The van der Waals surface area contributed by atoms with E-state index in [-0.39, 0.29) is 5.76 Å². The first kappa shape index (κ1) is 17.7. The molecule has 6 nitrogen and oxygen atoms in total. The Morgan fingerprint density at radius 1 is 1.07 bits per heavy atom. The Hall–Kier alpha value is -3.71. The van der Waals surface area contributed by atoms with Crippen LogP contribution >= 0.6 is 11.3 Å². The summed E-state index contributed by atoms with van der Waals surface area (Å²) in [6.07, 6.45) is 3.09. The zero-order chi connectivity index (χ0) is 19.2. The lowest BCUT2D eigenvalue weighted by Gasteiger charge is -2.02. The molecular weight excluding hydrogens is 374 g/mol. The molecule has 0 aliphatic heterocycles. The largest absolute Gasteiger partial charge is 0.457 e. The molecule has 138 valence electrons. The normalized spacial score (nSPS) is 10.9. The number of carbonyl (C=O) groups excluding carboxylic acids is 1. The average molecular weight is 389 g/mol. The van der Waals surface area contributed by atoms with Crippen molar-refractivity contribution in [2.75, 3.05) is 5.43 Å². The molecule has 4 rings (SSSR count). The fourth-order valence-corrected chi connectivity index (χ4v) is 3.07. The van der Waals surface area contributed by atoms with Crippen molar-refractivity contribution < 1.29 is 13.9 Å². The summed E-state index contributed by atoms with van der Waals surface area (Å²) < 4.78 is 10.2. The van der Waals surface area contributed by atoms with Crippen LogP contribution in [0, 0.1) is 0 Å². The zero-order valence-corrected chi connectivity index (χ0v) is 15.4. The zero-order valence-electron chi connectivity index (χ0n) is 14.6. The van der Waals surface area contributed by atoms with Gasteiger partial charge in [-0.25, -0.2) is 9.78 Å². The van der Waals surface area contributed by atoms with E-state index in [4.69, 9.17) is 9.15 Å². The lowest BCUT2D eigenvalue weighted by Crippen LogP contribution is -2.07. The maximum Gasteiger partial charge on any atom is 0.379 e. The number of nitrogens with one attached hydrogen (secondary N) is 1. The second-order valence-electron chi connectivity index (χ2n) is 5.71. The molecule has 0 radical (unpaired) electrons. The molecule has 0 amide bonds. The minimum absolute atomic E-state index is 0.160. The molecule has 7 heteroatoms. The van der Waals surface area contributed by atoms with E-state index < -0.39 is 5.97 Å². The average Bonchev–Trinajstić information content (AvgIpc) is 3.42. The van der Waals surface area contributed by atoms with Gasteiger partial charge in [0.25, 0.3) is 0 Å². The van der Waals surface area contributed by atoms with Gasteiger partial charge in [-0.2, -0.15) is 5.10 Å².